The lowest BCUT2D eigenvalue weighted by atomic mass is 10.1. The van der Waals surface area contributed by atoms with Crippen LogP contribution in [0.3, 0.4) is 0 Å². The van der Waals surface area contributed by atoms with E-state index in [0.717, 1.165) is 36.9 Å². The second-order valence-corrected chi connectivity index (χ2v) is 9.25. The third kappa shape index (κ3) is 7.12. The lowest BCUT2D eigenvalue weighted by Crippen LogP contribution is -2.37. The number of hydrogen-bond donors (Lipinski definition) is 2. The number of hydrogen-bond acceptors (Lipinski definition) is 5. The first-order chi connectivity index (χ1) is 14.0. The number of halogens is 1. The Bertz CT molecular complexity index is 942. The van der Waals surface area contributed by atoms with E-state index in [9.17, 15) is 8.42 Å². The molecule has 1 aliphatic rings. The molecule has 0 unspecified atom stereocenters. The van der Waals surface area contributed by atoms with Crippen LogP contribution < -0.4 is 15.5 Å². The summed E-state index contributed by atoms with van der Waals surface area (Å²) in [6.07, 6.45) is 6.33. The van der Waals surface area contributed by atoms with E-state index in [0.29, 0.717) is 18.0 Å². The summed E-state index contributed by atoms with van der Waals surface area (Å²) in [5, 5.41) is 6.63. The predicted octanol–water partition coefficient (Wildman–Crippen LogP) is 2.61. The van der Waals surface area contributed by atoms with Crippen molar-refractivity contribution < 1.29 is 8.42 Å². The second kappa shape index (κ2) is 11.5. The van der Waals surface area contributed by atoms with Gasteiger partial charge in [-0.25, -0.2) is 13.4 Å². The van der Waals surface area contributed by atoms with Gasteiger partial charge in [0.15, 0.2) is 15.8 Å². The van der Waals surface area contributed by atoms with Gasteiger partial charge in [-0.1, -0.05) is 12.1 Å². The normalized spacial score (nSPS) is 14.3. The van der Waals surface area contributed by atoms with E-state index in [1.54, 1.807) is 19.2 Å². The van der Waals surface area contributed by atoms with E-state index < -0.39 is 9.84 Å². The quantitative estimate of drug-likeness (QED) is 0.317. The number of nitrogens with one attached hydrogen (secondary N) is 2. The van der Waals surface area contributed by atoms with Gasteiger partial charge >= 0.3 is 0 Å². The van der Waals surface area contributed by atoms with Crippen LogP contribution in [-0.4, -0.2) is 52.3 Å². The molecule has 1 aliphatic heterocycles. The minimum atomic E-state index is -3.15. The largest absolute Gasteiger partial charge is 0.357 e. The first-order valence-electron chi connectivity index (χ1n) is 9.89. The van der Waals surface area contributed by atoms with Crippen molar-refractivity contribution in [3.05, 3.63) is 53.7 Å². The number of aliphatic imine (C=N–C) groups is 1. The summed E-state index contributed by atoms with van der Waals surface area (Å²) in [7, 11) is -1.40. The fourth-order valence-electron chi connectivity index (χ4n) is 3.32. The van der Waals surface area contributed by atoms with Crippen LogP contribution in [-0.2, 0) is 22.8 Å². The van der Waals surface area contributed by atoms with Crippen LogP contribution in [0.5, 0.6) is 0 Å². The number of anilines is 1. The Morgan fingerprint density at radius 1 is 1.10 bits per heavy atom. The van der Waals surface area contributed by atoms with Gasteiger partial charge in [-0.2, -0.15) is 0 Å². The lowest BCUT2D eigenvalue weighted by molar-refractivity contribution is 0.602. The molecule has 9 heteroatoms. The van der Waals surface area contributed by atoms with Gasteiger partial charge in [0.05, 0.1) is 4.90 Å². The summed E-state index contributed by atoms with van der Waals surface area (Å²) in [4.78, 5) is 11.4. The van der Waals surface area contributed by atoms with Gasteiger partial charge in [0.25, 0.3) is 0 Å². The zero-order valence-electron chi connectivity index (χ0n) is 17.5. The summed E-state index contributed by atoms with van der Waals surface area (Å²) in [5.74, 6) is 1.78. The van der Waals surface area contributed by atoms with Crippen LogP contribution in [0, 0.1) is 0 Å². The number of aromatic nitrogens is 1. The number of pyridine rings is 1. The molecule has 1 saturated heterocycles. The fourth-order valence-corrected chi connectivity index (χ4v) is 3.96. The first-order valence-corrected chi connectivity index (χ1v) is 11.8. The van der Waals surface area contributed by atoms with Gasteiger partial charge in [-0.3, -0.25) is 4.99 Å². The Morgan fingerprint density at radius 2 is 1.80 bits per heavy atom. The van der Waals surface area contributed by atoms with Gasteiger partial charge in [0.1, 0.15) is 5.82 Å². The van der Waals surface area contributed by atoms with E-state index in [1.807, 2.05) is 24.4 Å². The molecule has 1 aromatic heterocycles. The number of benzene rings is 1. The maximum atomic E-state index is 11.5. The van der Waals surface area contributed by atoms with Crippen molar-refractivity contribution in [3.8, 4) is 0 Å². The van der Waals surface area contributed by atoms with Gasteiger partial charge in [0.2, 0.25) is 0 Å². The lowest BCUT2D eigenvalue weighted by Gasteiger charge is -2.17. The minimum Gasteiger partial charge on any atom is -0.357 e. The molecular weight excluding hydrogens is 513 g/mol. The van der Waals surface area contributed by atoms with E-state index in [2.05, 4.69) is 31.6 Å². The molecule has 7 nitrogen and oxygen atoms in total. The highest BCUT2D eigenvalue weighted by Crippen LogP contribution is 2.18. The average Bonchev–Trinajstić information content (AvgIpc) is 3.25. The number of rotatable bonds is 7. The zero-order valence-corrected chi connectivity index (χ0v) is 20.6. The summed E-state index contributed by atoms with van der Waals surface area (Å²) in [6.45, 7) is 3.54. The molecule has 0 amide bonds. The van der Waals surface area contributed by atoms with Crippen LogP contribution >= 0.6 is 24.0 Å². The molecule has 2 N–H and O–H groups in total. The number of guanidine groups is 1. The summed E-state index contributed by atoms with van der Waals surface area (Å²) >= 11 is 0. The molecule has 2 heterocycles. The second-order valence-electron chi connectivity index (χ2n) is 7.24. The molecule has 3 rings (SSSR count). The third-order valence-electron chi connectivity index (χ3n) is 4.98. The average molecular weight is 543 g/mol. The van der Waals surface area contributed by atoms with Crippen molar-refractivity contribution in [2.75, 3.05) is 37.8 Å². The SMILES string of the molecule is CN=C(NCCc1ccc(S(C)(=O)=O)cc1)NCc1ccnc(N2CCCC2)c1.I. The van der Waals surface area contributed by atoms with Gasteiger partial charge < -0.3 is 15.5 Å². The van der Waals surface area contributed by atoms with E-state index >= 15 is 0 Å². The van der Waals surface area contributed by atoms with Crippen LogP contribution in [0.15, 0.2) is 52.5 Å². The Kier molecular flexibility index (Phi) is 9.35. The molecule has 0 saturated carbocycles. The van der Waals surface area contributed by atoms with E-state index in [1.165, 1.54) is 24.7 Å². The molecular formula is C21H30IN5O2S. The van der Waals surface area contributed by atoms with Crippen LogP contribution in [0.1, 0.15) is 24.0 Å². The highest BCUT2D eigenvalue weighted by atomic mass is 127. The van der Waals surface area contributed by atoms with Gasteiger partial charge in [-0.05, 0) is 54.7 Å². The van der Waals surface area contributed by atoms with Gasteiger partial charge in [0, 0.05) is 45.7 Å². The molecule has 0 radical (unpaired) electrons. The predicted molar refractivity (Wildman–Crippen MR) is 133 cm³/mol. The van der Waals surface area contributed by atoms with Crippen LogP contribution in [0.25, 0.3) is 0 Å². The summed E-state index contributed by atoms with van der Waals surface area (Å²) in [5.41, 5.74) is 2.24. The number of nitrogens with zero attached hydrogens (tertiary/aromatic N) is 3. The molecule has 1 aromatic carbocycles. The van der Waals surface area contributed by atoms with E-state index in [-0.39, 0.29) is 24.0 Å². The Morgan fingerprint density at radius 3 is 2.43 bits per heavy atom. The highest BCUT2D eigenvalue weighted by molar-refractivity contribution is 14.0. The Hall–Kier alpha value is -1.88. The molecule has 0 bridgehead atoms. The molecule has 0 aliphatic carbocycles. The van der Waals surface area contributed by atoms with Crippen molar-refractivity contribution in [2.24, 2.45) is 4.99 Å². The molecule has 164 valence electrons. The molecule has 0 atom stereocenters. The Labute approximate surface area is 196 Å². The molecule has 0 spiro atoms. The Balaban J connectivity index is 0.00000320. The minimum absolute atomic E-state index is 0. The van der Waals surface area contributed by atoms with E-state index in [4.69, 9.17) is 0 Å². The smallest absolute Gasteiger partial charge is 0.191 e. The summed E-state index contributed by atoms with van der Waals surface area (Å²) < 4.78 is 23.1. The monoisotopic (exact) mass is 543 g/mol. The van der Waals surface area contributed by atoms with Crippen molar-refractivity contribution in [2.45, 2.75) is 30.7 Å². The highest BCUT2D eigenvalue weighted by Gasteiger charge is 2.13. The molecule has 30 heavy (non-hydrogen) atoms. The molecule has 1 fully saturated rings. The first kappa shape index (κ1) is 24.4. The topological polar surface area (TPSA) is 86.7 Å². The fraction of sp³-hybridized carbons (Fsp3) is 0.429. The zero-order chi connectivity index (χ0) is 20.7. The maximum Gasteiger partial charge on any atom is 0.191 e. The van der Waals surface area contributed by atoms with Crippen molar-refractivity contribution in [1.29, 1.82) is 0 Å². The van der Waals surface area contributed by atoms with Crippen LogP contribution in [0.2, 0.25) is 0 Å². The third-order valence-corrected chi connectivity index (χ3v) is 6.11. The van der Waals surface area contributed by atoms with Crippen LogP contribution in [0.4, 0.5) is 5.82 Å². The van der Waals surface area contributed by atoms with Crippen molar-refractivity contribution in [3.63, 3.8) is 0 Å². The van der Waals surface area contributed by atoms with Crippen molar-refractivity contribution in [1.82, 2.24) is 15.6 Å². The summed E-state index contributed by atoms with van der Waals surface area (Å²) in [6, 6.07) is 11.2. The standard InChI is InChI=1S/C21H29N5O2S.HI/c1-22-21(24-12-9-17-5-7-19(8-6-17)29(2,27)28)25-16-18-10-11-23-20(15-18)26-13-3-4-14-26;/h5-8,10-11,15H,3-4,9,12-14,16H2,1-2H3,(H2,22,24,25);1H. The van der Waals surface area contributed by atoms with Gasteiger partial charge in [-0.15, -0.1) is 24.0 Å². The maximum absolute atomic E-state index is 11.5. The number of sulfone groups is 1. The van der Waals surface area contributed by atoms with Crippen molar-refractivity contribution >= 4 is 45.6 Å². The molecule has 2 aromatic rings.